The minimum Gasteiger partial charge on any atom is -0.254 e. The summed E-state index contributed by atoms with van der Waals surface area (Å²) in [4.78, 5) is 5.88. The number of hydrogen-bond acceptors (Lipinski definition) is 4. The highest BCUT2D eigenvalue weighted by molar-refractivity contribution is 7.12. The summed E-state index contributed by atoms with van der Waals surface area (Å²) in [6.45, 7) is 1.96. The van der Waals surface area contributed by atoms with Crippen LogP contribution in [0.1, 0.15) is 43.2 Å². The molecule has 0 atom stereocenters. The van der Waals surface area contributed by atoms with E-state index in [1.807, 2.05) is 36.9 Å². The normalized spacial score (nSPS) is 16.7. The molecule has 4 nitrogen and oxygen atoms in total. The van der Waals surface area contributed by atoms with Gasteiger partial charge in [-0.1, -0.05) is 36.7 Å². The predicted molar refractivity (Wildman–Crippen MR) is 88.4 cm³/mol. The topological polar surface area (TPSA) is 54.0 Å². The molecule has 1 aromatic carbocycles. The van der Waals surface area contributed by atoms with Crippen LogP contribution < -0.4 is 4.80 Å². The van der Waals surface area contributed by atoms with Gasteiger partial charge in [0.05, 0.1) is 17.7 Å². The number of benzene rings is 1. The molecule has 1 fully saturated rings. The quantitative estimate of drug-likeness (QED) is 0.851. The second kappa shape index (κ2) is 6.45. The summed E-state index contributed by atoms with van der Waals surface area (Å²) >= 11 is 1.63. The molecule has 5 heteroatoms. The lowest BCUT2D eigenvalue weighted by Crippen LogP contribution is -2.18. The smallest absolute Gasteiger partial charge is 0.203 e. The molecule has 0 radical (unpaired) electrons. The Hall–Kier alpha value is -1.93. The van der Waals surface area contributed by atoms with Crippen LogP contribution in [0.3, 0.4) is 0 Å². The average molecular weight is 312 g/mol. The van der Waals surface area contributed by atoms with E-state index in [1.54, 1.807) is 11.3 Å². The molecule has 22 heavy (non-hydrogen) atoms. The molecule has 2 aromatic rings. The highest BCUT2D eigenvalue weighted by atomic mass is 32.1. The average Bonchev–Trinajstić information content (AvgIpc) is 2.89. The summed E-state index contributed by atoms with van der Waals surface area (Å²) < 4.78 is 1.88. The zero-order valence-corrected chi connectivity index (χ0v) is 13.9. The summed E-state index contributed by atoms with van der Waals surface area (Å²) in [6.07, 6.45) is 6.32. The molecule has 0 unspecified atom stereocenters. The lowest BCUT2D eigenvalue weighted by molar-refractivity contribution is 0.434. The van der Waals surface area contributed by atoms with Crippen LogP contribution >= 0.6 is 11.3 Å². The Kier molecular flexibility index (Phi) is 4.39. The molecule has 1 aliphatic carbocycles. The van der Waals surface area contributed by atoms with Gasteiger partial charge in [0.1, 0.15) is 5.01 Å². The third-order valence-electron chi connectivity index (χ3n) is 4.17. The number of nitrogens with zero attached hydrogens (tertiary/aromatic N) is 4. The largest absolute Gasteiger partial charge is 0.254 e. The van der Waals surface area contributed by atoms with E-state index < -0.39 is 0 Å². The van der Waals surface area contributed by atoms with E-state index in [-0.39, 0.29) is 0 Å². The summed E-state index contributed by atoms with van der Waals surface area (Å²) in [5.41, 5.74) is 2.77. The molecule has 0 aliphatic heterocycles. The van der Waals surface area contributed by atoms with Gasteiger partial charge in [-0.15, -0.1) is 0 Å². The predicted octanol–water partition coefficient (Wildman–Crippen LogP) is 3.56. The van der Waals surface area contributed by atoms with Crippen molar-refractivity contribution in [1.29, 1.82) is 5.26 Å². The van der Waals surface area contributed by atoms with Crippen LogP contribution in [0.25, 0.3) is 10.6 Å². The van der Waals surface area contributed by atoms with Gasteiger partial charge in [-0.2, -0.15) is 10.4 Å². The molecule has 0 N–H and O–H groups in total. The monoisotopic (exact) mass is 312 g/mol. The van der Waals surface area contributed by atoms with Crippen molar-refractivity contribution in [2.75, 3.05) is 0 Å². The lowest BCUT2D eigenvalue weighted by Gasteiger charge is -2.16. The molecule has 0 amide bonds. The van der Waals surface area contributed by atoms with Crippen molar-refractivity contribution >= 4 is 11.3 Å². The van der Waals surface area contributed by atoms with Gasteiger partial charge < -0.3 is 0 Å². The molecular formula is C17H20N4S. The number of aryl methyl sites for hydroxylation is 2. The van der Waals surface area contributed by atoms with Gasteiger partial charge in [0.15, 0.2) is 0 Å². The second-order valence-electron chi connectivity index (χ2n) is 5.88. The van der Waals surface area contributed by atoms with Gasteiger partial charge in [-0.25, -0.2) is 4.68 Å². The maximum Gasteiger partial charge on any atom is 0.203 e. The Balaban J connectivity index is 1.93. The molecule has 1 aromatic heterocycles. The van der Waals surface area contributed by atoms with Gasteiger partial charge in [-0.05, 0) is 37.5 Å². The molecule has 0 saturated heterocycles. The van der Waals surface area contributed by atoms with E-state index in [0.717, 1.165) is 26.5 Å². The number of nitriles is 1. The maximum absolute atomic E-state index is 9.03. The Morgan fingerprint density at radius 1 is 1.32 bits per heavy atom. The molecule has 1 saturated carbocycles. The standard InChI is InChI=1S/C17H20N4S/c1-12-10-13(8-9-14(12)11-18)16-20-21(2)17(22-16)19-15-6-4-3-5-7-15/h8-10,15H,3-7H2,1-2H3. The number of hydrogen-bond donors (Lipinski definition) is 0. The first-order valence-corrected chi connectivity index (χ1v) is 8.58. The Bertz CT molecular complexity index is 773. The van der Waals surface area contributed by atoms with E-state index in [9.17, 15) is 0 Å². The minimum absolute atomic E-state index is 0.455. The fraction of sp³-hybridized carbons (Fsp3) is 0.471. The van der Waals surface area contributed by atoms with Crippen molar-refractivity contribution in [1.82, 2.24) is 9.78 Å². The fourth-order valence-electron chi connectivity index (χ4n) is 2.87. The summed E-state index contributed by atoms with van der Waals surface area (Å²) in [6, 6.07) is 8.52. The zero-order chi connectivity index (χ0) is 15.5. The molecule has 3 rings (SSSR count). The van der Waals surface area contributed by atoms with Crippen LogP contribution in [0.4, 0.5) is 0 Å². The molecule has 0 bridgehead atoms. The summed E-state index contributed by atoms with van der Waals surface area (Å²) in [5, 5.41) is 14.6. The van der Waals surface area contributed by atoms with Gasteiger partial charge in [0, 0.05) is 12.6 Å². The van der Waals surface area contributed by atoms with E-state index in [0.29, 0.717) is 6.04 Å². The maximum atomic E-state index is 9.03. The van der Waals surface area contributed by atoms with Crippen molar-refractivity contribution in [3.63, 3.8) is 0 Å². The van der Waals surface area contributed by atoms with Crippen molar-refractivity contribution < 1.29 is 0 Å². The van der Waals surface area contributed by atoms with Crippen molar-refractivity contribution in [2.45, 2.75) is 45.1 Å². The fourth-order valence-corrected chi connectivity index (χ4v) is 3.82. The first-order valence-electron chi connectivity index (χ1n) is 7.76. The summed E-state index contributed by atoms with van der Waals surface area (Å²) in [7, 11) is 1.96. The third kappa shape index (κ3) is 3.12. The molecule has 0 spiro atoms. The number of rotatable bonds is 2. The Morgan fingerprint density at radius 2 is 2.09 bits per heavy atom. The van der Waals surface area contributed by atoms with Crippen LogP contribution in [-0.2, 0) is 7.05 Å². The highest BCUT2D eigenvalue weighted by Gasteiger charge is 2.13. The van der Waals surface area contributed by atoms with Gasteiger partial charge in [0.2, 0.25) is 4.80 Å². The molecule has 1 heterocycles. The van der Waals surface area contributed by atoms with E-state index >= 15 is 0 Å². The van der Waals surface area contributed by atoms with E-state index in [1.165, 1.54) is 32.1 Å². The van der Waals surface area contributed by atoms with Crippen LogP contribution in [-0.4, -0.2) is 15.8 Å². The Labute approximate surface area is 134 Å². The minimum atomic E-state index is 0.455. The van der Waals surface area contributed by atoms with Gasteiger partial charge in [-0.3, -0.25) is 4.99 Å². The number of aromatic nitrogens is 2. The van der Waals surface area contributed by atoms with Crippen LogP contribution in [0.2, 0.25) is 0 Å². The van der Waals surface area contributed by atoms with E-state index in [4.69, 9.17) is 10.3 Å². The SMILES string of the molecule is Cc1cc(-c2nn(C)c(=NC3CCCCC3)s2)ccc1C#N. The molecular weight excluding hydrogens is 292 g/mol. The third-order valence-corrected chi connectivity index (χ3v) is 5.23. The lowest BCUT2D eigenvalue weighted by atomic mass is 9.96. The highest BCUT2D eigenvalue weighted by Crippen LogP contribution is 2.23. The molecule has 1 aliphatic rings. The second-order valence-corrected chi connectivity index (χ2v) is 6.83. The van der Waals surface area contributed by atoms with Crippen molar-refractivity contribution in [3.8, 4) is 16.6 Å². The van der Waals surface area contributed by atoms with Crippen molar-refractivity contribution in [2.24, 2.45) is 12.0 Å². The van der Waals surface area contributed by atoms with Gasteiger partial charge in [0.25, 0.3) is 0 Å². The Morgan fingerprint density at radius 3 is 2.77 bits per heavy atom. The van der Waals surface area contributed by atoms with Crippen LogP contribution in [0, 0.1) is 18.3 Å². The van der Waals surface area contributed by atoms with Gasteiger partial charge >= 0.3 is 0 Å². The summed E-state index contributed by atoms with van der Waals surface area (Å²) in [5.74, 6) is 0. The molecule has 114 valence electrons. The van der Waals surface area contributed by atoms with Crippen LogP contribution in [0.5, 0.6) is 0 Å². The van der Waals surface area contributed by atoms with Crippen LogP contribution in [0.15, 0.2) is 23.2 Å². The van der Waals surface area contributed by atoms with Crippen molar-refractivity contribution in [3.05, 3.63) is 34.1 Å². The van der Waals surface area contributed by atoms with E-state index in [2.05, 4.69) is 11.2 Å². The first kappa shape index (κ1) is 15.0. The zero-order valence-electron chi connectivity index (χ0n) is 13.0. The first-order chi connectivity index (χ1) is 10.7.